The molecule has 4 nitrogen and oxygen atoms in total. The van der Waals surface area contributed by atoms with Gasteiger partial charge >= 0.3 is 5.97 Å². The van der Waals surface area contributed by atoms with Crippen molar-refractivity contribution in [1.82, 2.24) is 10.3 Å². The maximum atomic E-state index is 11.0. The number of rotatable bonds is 5. The van der Waals surface area contributed by atoms with Crippen molar-refractivity contribution in [2.75, 3.05) is 0 Å². The van der Waals surface area contributed by atoms with Gasteiger partial charge in [-0.3, -0.25) is 10.1 Å². The molecule has 0 fully saturated rings. The Morgan fingerprint density at radius 1 is 1.50 bits per heavy atom. The van der Waals surface area contributed by atoms with E-state index in [1.165, 1.54) is 0 Å². The van der Waals surface area contributed by atoms with E-state index in [2.05, 4.69) is 15.7 Å². The summed E-state index contributed by atoms with van der Waals surface area (Å²) in [5, 5.41) is 19.0. The number of carboxylic acid groups (broad SMARTS) is 1. The van der Waals surface area contributed by atoms with Gasteiger partial charge in [-0.25, -0.2) is 4.98 Å². The van der Waals surface area contributed by atoms with Gasteiger partial charge in [-0.1, -0.05) is 0 Å². The van der Waals surface area contributed by atoms with Gasteiger partial charge in [0.2, 0.25) is 0 Å². The molecule has 0 saturated carbocycles. The van der Waals surface area contributed by atoms with Gasteiger partial charge in [-0.15, -0.1) is 11.3 Å². The summed E-state index contributed by atoms with van der Waals surface area (Å²) in [6.45, 7) is 3.74. The van der Waals surface area contributed by atoms with Gasteiger partial charge in [0.25, 0.3) is 0 Å². The minimum atomic E-state index is -0.938. The van der Waals surface area contributed by atoms with Crippen molar-refractivity contribution < 1.29 is 9.90 Å². The molecule has 2 heterocycles. The Bertz CT molecular complexity index is 532. The third-order valence-corrected chi connectivity index (χ3v) is 4.19. The Morgan fingerprint density at radius 2 is 2.28 bits per heavy atom. The lowest BCUT2D eigenvalue weighted by molar-refractivity contribution is -0.143. The molecule has 2 aromatic heterocycles. The number of hydrogen-bond acceptors (Lipinski definition) is 5. The second kappa shape index (κ2) is 5.17. The number of nitrogens with one attached hydrogen (secondary N) is 1. The van der Waals surface area contributed by atoms with E-state index in [-0.39, 0.29) is 0 Å². The van der Waals surface area contributed by atoms with Crippen LogP contribution in [0.1, 0.15) is 19.5 Å². The second-order valence-electron chi connectivity index (χ2n) is 4.44. The van der Waals surface area contributed by atoms with E-state index in [0.717, 1.165) is 16.3 Å². The fraction of sp³-hybridized carbons (Fsp3) is 0.333. The van der Waals surface area contributed by atoms with E-state index in [4.69, 9.17) is 5.11 Å². The zero-order chi connectivity index (χ0) is 13.2. The van der Waals surface area contributed by atoms with Gasteiger partial charge in [0.15, 0.2) is 0 Å². The highest BCUT2D eigenvalue weighted by atomic mass is 32.1. The summed E-state index contributed by atoms with van der Waals surface area (Å²) in [5.74, 6) is -0.865. The molecule has 0 aliphatic rings. The van der Waals surface area contributed by atoms with Crippen LogP contribution in [-0.2, 0) is 11.3 Å². The van der Waals surface area contributed by atoms with Gasteiger partial charge < -0.3 is 5.11 Å². The molecule has 2 N–H and O–H groups in total. The van der Waals surface area contributed by atoms with Crippen LogP contribution in [0, 0.1) is 0 Å². The monoisotopic (exact) mass is 282 g/mol. The molecule has 0 atom stereocenters. The second-order valence-corrected chi connectivity index (χ2v) is 6.08. The quantitative estimate of drug-likeness (QED) is 0.885. The van der Waals surface area contributed by atoms with Gasteiger partial charge in [-0.2, -0.15) is 11.3 Å². The van der Waals surface area contributed by atoms with E-state index < -0.39 is 11.5 Å². The number of aromatic nitrogens is 1. The highest BCUT2D eigenvalue weighted by molar-refractivity contribution is 7.14. The average molecular weight is 282 g/mol. The number of carboxylic acids is 1. The van der Waals surface area contributed by atoms with Crippen LogP contribution in [0.25, 0.3) is 10.6 Å². The first kappa shape index (κ1) is 13.2. The predicted molar refractivity (Wildman–Crippen MR) is 74.0 cm³/mol. The van der Waals surface area contributed by atoms with Gasteiger partial charge in [0, 0.05) is 22.9 Å². The normalized spacial score (nSPS) is 11.7. The molecule has 0 amide bonds. The molecule has 0 radical (unpaired) electrons. The van der Waals surface area contributed by atoms with Gasteiger partial charge in [0.1, 0.15) is 10.5 Å². The molecule has 0 unspecified atom stereocenters. The minimum absolute atomic E-state index is 0.458. The number of nitrogens with zero attached hydrogens (tertiary/aromatic N) is 1. The maximum absolute atomic E-state index is 11.0. The summed E-state index contributed by atoms with van der Waals surface area (Å²) in [6, 6.07) is 2.03. The minimum Gasteiger partial charge on any atom is -0.480 e. The first-order valence-electron chi connectivity index (χ1n) is 5.44. The highest BCUT2D eigenvalue weighted by Crippen LogP contribution is 2.25. The molecule has 2 aromatic rings. The van der Waals surface area contributed by atoms with Crippen LogP contribution in [0.4, 0.5) is 0 Å². The molecule has 0 aromatic carbocycles. The first-order chi connectivity index (χ1) is 8.49. The fourth-order valence-corrected chi connectivity index (χ4v) is 2.83. The smallest absolute Gasteiger partial charge is 0.323 e. The van der Waals surface area contributed by atoms with Crippen molar-refractivity contribution in [2.24, 2.45) is 0 Å². The zero-order valence-corrected chi connectivity index (χ0v) is 11.8. The van der Waals surface area contributed by atoms with Crippen LogP contribution < -0.4 is 5.32 Å². The van der Waals surface area contributed by atoms with E-state index in [1.54, 1.807) is 36.5 Å². The number of thiazole rings is 1. The van der Waals surface area contributed by atoms with Crippen LogP contribution in [-0.4, -0.2) is 21.6 Å². The highest BCUT2D eigenvalue weighted by Gasteiger charge is 2.26. The zero-order valence-electron chi connectivity index (χ0n) is 10.1. The van der Waals surface area contributed by atoms with Crippen molar-refractivity contribution in [3.63, 3.8) is 0 Å². The Labute approximate surface area is 113 Å². The third-order valence-electron chi connectivity index (χ3n) is 2.57. The summed E-state index contributed by atoms with van der Waals surface area (Å²) >= 11 is 3.21. The molecule has 6 heteroatoms. The molecule has 0 saturated heterocycles. The molecular weight excluding hydrogens is 268 g/mol. The lowest BCUT2D eigenvalue weighted by Crippen LogP contribution is -2.46. The van der Waals surface area contributed by atoms with Crippen molar-refractivity contribution in [3.8, 4) is 10.6 Å². The Hall–Kier alpha value is -1.24. The molecule has 0 aliphatic carbocycles. The lowest BCUT2D eigenvalue weighted by Gasteiger charge is -2.20. The van der Waals surface area contributed by atoms with E-state index in [1.807, 2.05) is 16.8 Å². The fourth-order valence-electron chi connectivity index (χ4n) is 1.29. The van der Waals surface area contributed by atoms with Crippen LogP contribution >= 0.6 is 22.7 Å². The van der Waals surface area contributed by atoms with Crippen LogP contribution in [0.3, 0.4) is 0 Å². The Morgan fingerprint density at radius 3 is 2.89 bits per heavy atom. The molecule has 0 aliphatic heterocycles. The molecule has 0 spiro atoms. The Balaban J connectivity index is 2.02. The van der Waals surface area contributed by atoms with Crippen LogP contribution in [0.15, 0.2) is 22.2 Å². The summed E-state index contributed by atoms with van der Waals surface area (Å²) in [7, 11) is 0. The van der Waals surface area contributed by atoms with Crippen molar-refractivity contribution in [3.05, 3.63) is 27.9 Å². The number of hydrogen-bond donors (Lipinski definition) is 2. The summed E-state index contributed by atoms with van der Waals surface area (Å²) < 4.78 is 0. The standard InChI is InChI=1S/C12H14N2O2S2/c1-12(2,11(15)16)13-5-9-7-18-10(14-9)8-3-4-17-6-8/h3-4,6-7,13H,5H2,1-2H3,(H,15,16). The van der Waals surface area contributed by atoms with E-state index >= 15 is 0 Å². The SMILES string of the molecule is CC(C)(NCc1csc(-c2ccsc2)n1)C(=O)O. The van der Waals surface area contributed by atoms with E-state index in [0.29, 0.717) is 6.54 Å². The summed E-state index contributed by atoms with van der Waals surface area (Å²) in [5.41, 5.74) is 1.05. The topological polar surface area (TPSA) is 62.2 Å². The molecule has 0 bridgehead atoms. The largest absolute Gasteiger partial charge is 0.480 e. The van der Waals surface area contributed by atoms with Gasteiger partial charge in [0.05, 0.1) is 5.69 Å². The molecule has 18 heavy (non-hydrogen) atoms. The van der Waals surface area contributed by atoms with Crippen molar-refractivity contribution >= 4 is 28.6 Å². The van der Waals surface area contributed by atoms with Crippen molar-refractivity contribution in [2.45, 2.75) is 25.9 Å². The Kier molecular flexibility index (Phi) is 3.79. The lowest BCUT2D eigenvalue weighted by atomic mass is 10.1. The summed E-state index contributed by atoms with van der Waals surface area (Å²) in [4.78, 5) is 15.4. The number of thiophene rings is 1. The van der Waals surface area contributed by atoms with Crippen molar-refractivity contribution in [1.29, 1.82) is 0 Å². The van der Waals surface area contributed by atoms with E-state index in [9.17, 15) is 4.79 Å². The molecule has 96 valence electrons. The third kappa shape index (κ3) is 2.95. The first-order valence-corrected chi connectivity index (χ1v) is 7.27. The number of carbonyl (C=O) groups is 1. The molecular formula is C12H14N2O2S2. The maximum Gasteiger partial charge on any atom is 0.323 e. The molecule has 2 rings (SSSR count). The summed E-state index contributed by atoms with van der Waals surface area (Å²) in [6.07, 6.45) is 0. The number of aliphatic carboxylic acids is 1. The predicted octanol–water partition coefficient (Wildman–Crippen LogP) is 2.82. The van der Waals surface area contributed by atoms with Crippen LogP contribution in [0.5, 0.6) is 0 Å². The average Bonchev–Trinajstić information content (AvgIpc) is 2.97. The van der Waals surface area contributed by atoms with Crippen LogP contribution in [0.2, 0.25) is 0 Å². The van der Waals surface area contributed by atoms with Gasteiger partial charge in [-0.05, 0) is 25.3 Å².